The van der Waals surface area contributed by atoms with Gasteiger partial charge in [-0.2, -0.15) is 0 Å². The molecule has 3 nitrogen and oxygen atoms in total. The van der Waals surface area contributed by atoms with Gasteiger partial charge in [0, 0.05) is 23.0 Å². The highest BCUT2D eigenvalue weighted by atomic mass is 35.5. The molecule has 0 radical (unpaired) electrons. The number of aromatic nitrogens is 2. The van der Waals surface area contributed by atoms with E-state index in [1.165, 1.54) is 12.8 Å². The predicted octanol–water partition coefficient (Wildman–Crippen LogP) is 3.61. The standard InChI is InChI=1S/C15H16ClN3/c16-13-5-3-4-11(8-13)12-9-18-15(19-10-12)14-6-1-2-7-17-14/h3-5,8-10,14,17H,1-2,6-7H2. The van der Waals surface area contributed by atoms with Gasteiger partial charge < -0.3 is 5.32 Å². The van der Waals surface area contributed by atoms with Crippen molar-refractivity contribution in [3.05, 3.63) is 47.5 Å². The third kappa shape index (κ3) is 2.94. The van der Waals surface area contributed by atoms with Gasteiger partial charge in [0.25, 0.3) is 0 Å². The number of hydrogen-bond donors (Lipinski definition) is 1. The molecule has 1 aromatic carbocycles. The fraction of sp³-hybridized carbons (Fsp3) is 0.333. The van der Waals surface area contributed by atoms with Gasteiger partial charge in [0.2, 0.25) is 0 Å². The number of piperidine rings is 1. The molecule has 0 saturated carbocycles. The second-order valence-electron chi connectivity index (χ2n) is 4.84. The number of hydrogen-bond acceptors (Lipinski definition) is 3. The molecule has 0 bridgehead atoms. The quantitative estimate of drug-likeness (QED) is 0.908. The first-order chi connectivity index (χ1) is 9.33. The maximum absolute atomic E-state index is 6.00. The summed E-state index contributed by atoms with van der Waals surface area (Å²) in [5, 5.41) is 4.19. The fourth-order valence-corrected chi connectivity index (χ4v) is 2.60. The Morgan fingerprint density at radius 1 is 1.11 bits per heavy atom. The highest BCUT2D eigenvalue weighted by Crippen LogP contribution is 2.24. The summed E-state index contributed by atoms with van der Waals surface area (Å²) in [4.78, 5) is 8.98. The van der Waals surface area contributed by atoms with E-state index >= 15 is 0 Å². The Bertz CT molecular complexity index is 548. The van der Waals surface area contributed by atoms with Gasteiger partial charge in [-0.25, -0.2) is 9.97 Å². The molecule has 4 heteroatoms. The average Bonchev–Trinajstić information content (AvgIpc) is 2.48. The number of halogens is 1. The fourth-order valence-electron chi connectivity index (χ4n) is 2.41. The van der Waals surface area contributed by atoms with Gasteiger partial charge in [-0.3, -0.25) is 0 Å². The molecule has 3 rings (SSSR count). The van der Waals surface area contributed by atoms with E-state index in [4.69, 9.17) is 11.6 Å². The minimum absolute atomic E-state index is 0.308. The lowest BCUT2D eigenvalue weighted by atomic mass is 10.0. The van der Waals surface area contributed by atoms with Crippen LogP contribution in [0.3, 0.4) is 0 Å². The smallest absolute Gasteiger partial charge is 0.145 e. The monoisotopic (exact) mass is 273 g/mol. The number of benzene rings is 1. The summed E-state index contributed by atoms with van der Waals surface area (Å²) < 4.78 is 0. The van der Waals surface area contributed by atoms with Crippen LogP contribution in [0.1, 0.15) is 31.1 Å². The van der Waals surface area contributed by atoms with E-state index in [-0.39, 0.29) is 0 Å². The maximum Gasteiger partial charge on any atom is 0.145 e. The van der Waals surface area contributed by atoms with Crippen LogP contribution >= 0.6 is 11.6 Å². The van der Waals surface area contributed by atoms with Crippen molar-refractivity contribution in [2.24, 2.45) is 0 Å². The first kappa shape index (κ1) is 12.6. The van der Waals surface area contributed by atoms with Crippen molar-refractivity contribution in [3.8, 4) is 11.1 Å². The highest BCUT2D eigenvalue weighted by Gasteiger charge is 2.16. The number of nitrogens with one attached hydrogen (secondary N) is 1. The van der Waals surface area contributed by atoms with Crippen LogP contribution in [-0.4, -0.2) is 16.5 Å². The SMILES string of the molecule is Clc1cccc(-c2cnc(C3CCCCN3)nc2)c1. The predicted molar refractivity (Wildman–Crippen MR) is 77.1 cm³/mol. The largest absolute Gasteiger partial charge is 0.307 e. The second kappa shape index (κ2) is 5.68. The van der Waals surface area contributed by atoms with Crippen molar-refractivity contribution in [2.45, 2.75) is 25.3 Å². The molecular weight excluding hydrogens is 258 g/mol. The summed E-state index contributed by atoms with van der Waals surface area (Å²) in [5.74, 6) is 0.894. The zero-order valence-corrected chi connectivity index (χ0v) is 11.4. The highest BCUT2D eigenvalue weighted by molar-refractivity contribution is 6.30. The van der Waals surface area contributed by atoms with E-state index in [1.807, 2.05) is 36.7 Å². The Morgan fingerprint density at radius 3 is 2.63 bits per heavy atom. The summed E-state index contributed by atoms with van der Waals surface area (Å²) in [5.41, 5.74) is 2.05. The normalized spacial score (nSPS) is 19.3. The molecule has 98 valence electrons. The van der Waals surface area contributed by atoms with Crippen molar-refractivity contribution < 1.29 is 0 Å². The molecule has 1 atom stereocenters. The van der Waals surface area contributed by atoms with Gasteiger partial charge in [0.15, 0.2) is 0 Å². The van der Waals surface area contributed by atoms with E-state index in [0.29, 0.717) is 6.04 Å². The summed E-state index contributed by atoms with van der Waals surface area (Å²) in [6, 6.07) is 8.06. The molecule has 1 fully saturated rings. The first-order valence-corrected chi connectivity index (χ1v) is 7.02. The molecule has 19 heavy (non-hydrogen) atoms. The van der Waals surface area contributed by atoms with E-state index in [9.17, 15) is 0 Å². The molecule has 0 spiro atoms. The maximum atomic E-state index is 6.00. The van der Waals surface area contributed by atoms with Gasteiger partial charge in [0.05, 0.1) is 6.04 Å². The Balaban J connectivity index is 1.82. The van der Waals surface area contributed by atoms with Crippen molar-refractivity contribution in [3.63, 3.8) is 0 Å². The molecule has 2 aromatic rings. The minimum atomic E-state index is 0.308. The number of nitrogens with zero attached hydrogens (tertiary/aromatic N) is 2. The molecule has 2 heterocycles. The van der Waals surface area contributed by atoms with Crippen LogP contribution in [0.4, 0.5) is 0 Å². The van der Waals surface area contributed by atoms with Crippen LogP contribution in [-0.2, 0) is 0 Å². The van der Waals surface area contributed by atoms with E-state index in [1.54, 1.807) is 0 Å². The third-order valence-corrected chi connectivity index (χ3v) is 3.69. The molecular formula is C15H16ClN3. The number of rotatable bonds is 2. The molecule has 0 aliphatic carbocycles. The van der Waals surface area contributed by atoms with Crippen LogP contribution in [0.25, 0.3) is 11.1 Å². The summed E-state index contributed by atoms with van der Waals surface area (Å²) in [6.07, 6.45) is 7.37. The zero-order chi connectivity index (χ0) is 13.1. The Labute approximate surface area is 118 Å². The van der Waals surface area contributed by atoms with E-state index in [0.717, 1.165) is 34.9 Å². The van der Waals surface area contributed by atoms with Gasteiger partial charge in [0.1, 0.15) is 5.82 Å². The topological polar surface area (TPSA) is 37.8 Å². The Morgan fingerprint density at radius 2 is 1.95 bits per heavy atom. The van der Waals surface area contributed by atoms with Gasteiger partial charge in [-0.05, 0) is 37.1 Å². The van der Waals surface area contributed by atoms with Crippen LogP contribution in [0, 0.1) is 0 Å². The second-order valence-corrected chi connectivity index (χ2v) is 5.28. The lowest BCUT2D eigenvalue weighted by molar-refractivity contribution is 0.397. The van der Waals surface area contributed by atoms with Crippen LogP contribution in [0.5, 0.6) is 0 Å². The molecule has 1 aliphatic heterocycles. The van der Waals surface area contributed by atoms with E-state index < -0.39 is 0 Å². The van der Waals surface area contributed by atoms with Gasteiger partial charge >= 0.3 is 0 Å². The molecule has 1 aromatic heterocycles. The Hall–Kier alpha value is -1.45. The minimum Gasteiger partial charge on any atom is -0.307 e. The molecule has 1 unspecified atom stereocenters. The lowest BCUT2D eigenvalue weighted by Crippen LogP contribution is -2.28. The molecule has 0 amide bonds. The van der Waals surface area contributed by atoms with Crippen molar-refractivity contribution in [2.75, 3.05) is 6.54 Å². The summed E-state index contributed by atoms with van der Waals surface area (Å²) in [6.45, 7) is 1.06. The molecule has 1 N–H and O–H groups in total. The van der Waals surface area contributed by atoms with Crippen molar-refractivity contribution in [1.29, 1.82) is 0 Å². The molecule has 1 aliphatic rings. The van der Waals surface area contributed by atoms with Crippen molar-refractivity contribution >= 4 is 11.6 Å². The summed E-state index contributed by atoms with van der Waals surface area (Å²) in [7, 11) is 0. The van der Waals surface area contributed by atoms with Crippen LogP contribution < -0.4 is 5.32 Å². The van der Waals surface area contributed by atoms with E-state index in [2.05, 4.69) is 15.3 Å². The summed E-state index contributed by atoms with van der Waals surface area (Å²) >= 11 is 6.00. The Kier molecular flexibility index (Phi) is 3.76. The lowest BCUT2D eigenvalue weighted by Gasteiger charge is -2.21. The first-order valence-electron chi connectivity index (χ1n) is 6.64. The van der Waals surface area contributed by atoms with Crippen LogP contribution in [0.15, 0.2) is 36.7 Å². The average molecular weight is 274 g/mol. The van der Waals surface area contributed by atoms with Crippen molar-refractivity contribution in [1.82, 2.24) is 15.3 Å². The molecule has 1 saturated heterocycles. The zero-order valence-electron chi connectivity index (χ0n) is 10.6. The third-order valence-electron chi connectivity index (χ3n) is 3.45. The van der Waals surface area contributed by atoms with Crippen LogP contribution in [0.2, 0.25) is 5.02 Å². The van der Waals surface area contributed by atoms with Gasteiger partial charge in [-0.1, -0.05) is 30.2 Å². The van der Waals surface area contributed by atoms with Gasteiger partial charge in [-0.15, -0.1) is 0 Å².